The lowest BCUT2D eigenvalue weighted by atomic mass is 10.1. The molecule has 2 heterocycles. The Balaban J connectivity index is 1.21. The fourth-order valence-electron chi connectivity index (χ4n) is 4.52. The molecule has 3 amide bonds. The second kappa shape index (κ2) is 11.2. The van der Waals surface area contributed by atoms with E-state index in [1.807, 2.05) is 29.2 Å². The zero-order valence-electron chi connectivity index (χ0n) is 20.2. The average molecular weight is 481 g/mol. The first kappa shape index (κ1) is 24.5. The number of hydrogen-bond donors (Lipinski definition) is 1. The summed E-state index contributed by atoms with van der Waals surface area (Å²) in [6.45, 7) is 4.36. The number of carbonyl (C=O) groups excluding carboxylic acids is 3. The number of nitrogens with one attached hydrogen (secondary N) is 1. The first-order valence-corrected chi connectivity index (χ1v) is 11.9. The summed E-state index contributed by atoms with van der Waals surface area (Å²) in [6.07, 6.45) is 0.230. The third-order valence-electron chi connectivity index (χ3n) is 6.59. The molecule has 186 valence electrons. The van der Waals surface area contributed by atoms with Crippen LogP contribution in [0.2, 0.25) is 0 Å². The van der Waals surface area contributed by atoms with E-state index in [0.717, 1.165) is 25.3 Å². The van der Waals surface area contributed by atoms with Gasteiger partial charge in [0.25, 0.3) is 5.91 Å². The molecule has 2 aliphatic heterocycles. The molecule has 0 aliphatic carbocycles. The predicted molar refractivity (Wildman–Crippen MR) is 132 cm³/mol. The molecule has 1 N–H and O–H groups in total. The SMILES string of the molecule is COc1ccc(C(=O)NCCN2CCN(C(=O)C3CC(=O)N(c4cccc(OC)c4)C3)CC2)cc1. The van der Waals surface area contributed by atoms with Crippen LogP contribution in [0.3, 0.4) is 0 Å². The quantitative estimate of drug-likeness (QED) is 0.618. The first-order chi connectivity index (χ1) is 17.0. The Morgan fingerprint density at radius 1 is 0.971 bits per heavy atom. The monoisotopic (exact) mass is 480 g/mol. The van der Waals surface area contributed by atoms with Gasteiger partial charge in [-0.25, -0.2) is 0 Å². The van der Waals surface area contributed by atoms with Gasteiger partial charge in [-0.1, -0.05) is 6.07 Å². The van der Waals surface area contributed by atoms with Crippen molar-refractivity contribution in [2.75, 3.05) is 64.9 Å². The van der Waals surface area contributed by atoms with E-state index in [9.17, 15) is 14.4 Å². The van der Waals surface area contributed by atoms with E-state index < -0.39 is 0 Å². The molecule has 9 heteroatoms. The minimum atomic E-state index is -0.330. The Morgan fingerprint density at radius 2 is 1.69 bits per heavy atom. The number of rotatable bonds is 8. The minimum Gasteiger partial charge on any atom is -0.497 e. The molecule has 1 atom stereocenters. The third kappa shape index (κ3) is 5.92. The normalized spacial score (nSPS) is 18.5. The molecule has 0 aromatic heterocycles. The zero-order chi connectivity index (χ0) is 24.8. The van der Waals surface area contributed by atoms with Gasteiger partial charge in [0.05, 0.1) is 20.1 Å². The van der Waals surface area contributed by atoms with Crippen LogP contribution < -0.4 is 19.7 Å². The van der Waals surface area contributed by atoms with Crippen LogP contribution in [0.5, 0.6) is 11.5 Å². The maximum Gasteiger partial charge on any atom is 0.251 e. The van der Waals surface area contributed by atoms with E-state index in [-0.39, 0.29) is 30.1 Å². The van der Waals surface area contributed by atoms with Crippen LogP contribution in [0.4, 0.5) is 5.69 Å². The van der Waals surface area contributed by atoms with Crippen molar-refractivity contribution in [2.24, 2.45) is 5.92 Å². The molecule has 2 aliphatic rings. The van der Waals surface area contributed by atoms with Crippen molar-refractivity contribution in [1.29, 1.82) is 0 Å². The molecular weight excluding hydrogens is 448 g/mol. The van der Waals surface area contributed by atoms with Crippen LogP contribution in [0.25, 0.3) is 0 Å². The van der Waals surface area contributed by atoms with Crippen molar-refractivity contribution >= 4 is 23.4 Å². The molecule has 35 heavy (non-hydrogen) atoms. The van der Waals surface area contributed by atoms with Crippen molar-refractivity contribution < 1.29 is 23.9 Å². The fraction of sp³-hybridized carbons (Fsp3) is 0.423. The van der Waals surface area contributed by atoms with E-state index in [0.29, 0.717) is 43.2 Å². The van der Waals surface area contributed by atoms with Gasteiger partial charge in [0.2, 0.25) is 11.8 Å². The van der Waals surface area contributed by atoms with Crippen molar-refractivity contribution in [2.45, 2.75) is 6.42 Å². The van der Waals surface area contributed by atoms with Gasteiger partial charge in [-0.05, 0) is 36.4 Å². The van der Waals surface area contributed by atoms with Gasteiger partial charge >= 0.3 is 0 Å². The highest BCUT2D eigenvalue weighted by atomic mass is 16.5. The highest BCUT2D eigenvalue weighted by Crippen LogP contribution is 2.29. The van der Waals surface area contributed by atoms with Crippen LogP contribution in [-0.2, 0) is 9.59 Å². The van der Waals surface area contributed by atoms with Gasteiger partial charge in [-0.15, -0.1) is 0 Å². The number of piperazine rings is 1. The third-order valence-corrected chi connectivity index (χ3v) is 6.59. The molecule has 1 unspecified atom stereocenters. The highest BCUT2D eigenvalue weighted by molar-refractivity contribution is 6.00. The number of amides is 3. The molecule has 2 saturated heterocycles. The second-order valence-electron chi connectivity index (χ2n) is 8.76. The minimum absolute atomic E-state index is 0.0382. The summed E-state index contributed by atoms with van der Waals surface area (Å²) in [5, 5.41) is 2.94. The lowest BCUT2D eigenvalue weighted by molar-refractivity contribution is -0.137. The molecule has 4 rings (SSSR count). The Morgan fingerprint density at radius 3 is 2.37 bits per heavy atom. The standard InChI is InChI=1S/C26H32N4O5/c1-34-22-8-6-19(7-9-22)25(32)27-10-11-28-12-14-29(15-13-28)26(33)20-16-24(31)30(18-20)21-4-3-5-23(17-21)35-2/h3-9,17,20H,10-16,18H2,1-2H3,(H,27,32). The fourth-order valence-corrected chi connectivity index (χ4v) is 4.52. The number of nitrogens with zero attached hydrogens (tertiary/aromatic N) is 3. The van der Waals surface area contributed by atoms with Crippen LogP contribution in [0.15, 0.2) is 48.5 Å². The van der Waals surface area contributed by atoms with E-state index in [1.54, 1.807) is 43.4 Å². The summed E-state index contributed by atoms with van der Waals surface area (Å²) in [5.74, 6) is 0.946. The maximum absolute atomic E-state index is 13.1. The Kier molecular flexibility index (Phi) is 7.87. The Labute approximate surface area is 205 Å². The van der Waals surface area contributed by atoms with Crippen molar-refractivity contribution in [3.05, 3.63) is 54.1 Å². The predicted octanol–water partition coefficient (Wildman–Crippen LogP) is 1.63. The van der Waals surface area contributed by atoms with E-state index in [1.165, 1.54) is 0 Å². The Bertz CT molecular complexity index is 1050. The van der Waals surface area contributed by atoms with E-state index >= 15 is 0 Å². The van der Waals surface area contributed by atoms with Gasteiger partial charge in [0.15, 0.2) is 0 Å². The summed E-state index contributed by atoms with van der Waals surface area (Å²) in [5.41, 5.74) is 1.35. The first-order valence-electron chi connectivity index (χ1n) is 11.9. The maximum atomic E-state index is 13.1. The number of ether oxygens (including phenoxy) is 2. The topological polar surface area (TPSA) is 91.4 Å². The Hall–Kier alpha value is -3.59. The van der Waals surface area contributed by atoms with Crippen LogP contribution in [0.1, 0.15) is 16.8 Å². The highest BCUT2D eigenvalue weighted by Gasteiger charge is 2.38. The molecule has 0 radical (unpaired) electrons. The summed E-state index contributed by atoms with van der Waals surface area (Å²) in [4.78, 5) is 43.8. The molecule has 0 spiro atoms. The molecule has 2 fully saturated rings. The number of benzene rings is 2. The molecule has 2 aromatic carbocycles. The average Bonchev–Trinajstić information content (AvgIpc) is 3.30. The van der Waals surface area contributed by atoms with Crippen molar-refractivity contribution in [3.63, 3.8) is 0 Å². The lowest BCUT2D eigenvalue weighted by Crippen LogP contribution is -2.51. The van der Waals surface area contributed by atoms with Crippen molar-refractivity contribution in [1.82, 2.24) is 15.1 Å². The van der Waals surface area contributed by atoms with Gasteiger partial charge in [0, 0.05) is 69.6 Å². The van der Waals surface area contributed by atoms with Crippen LogP contribution in [0, 0.1) is 5.92 Å². The summed E-state index contributed by atoms with van der Waals surface area (Å²) >= 11 is 0. The van der Waals surface area contributed by atoms with Gasteiger partial charge in [-0.2, -0.15) is 0 Å². The smallest absolute Gasteiger partial charge is 0.251 e. The number of carbonyl (C=O) groups is 3. The molecule has 0 bridgehead atoms. The zero-order valence-corrected chi connectivity index (χ0v) is 20.2. The van der Waals surface area contributed by atoms with Crippen molar-refractivity contribution in [3.8, 4) is 11.5 Å². The van der Waals surface area contributed by atoms with Gasteiger partial charge in [-0.3, -0.25) is 19.3 Å². The summed E-state index contributed by atoms with van der Waals surface area (Å²) in [6, 6.07) is 14.4. The lowest BCUT2D eigenvalue weighted by Gasteiger charge is -2.35. The van der Waals surface area contributed by atoms with E-state index in [4.69, 9.17) is 9.47 Å². The molecule has 0 saturated carbocycles. The van der Waals surface area contributed by atoms with Crippen LogP contribution in [-0.4, -0.2) is 87.6 Å². The van der Waals surface area contributed by atoms with E-state index in [2.05, 4.69) is 10.2 Å². The summed E-state index contributed by atoms with van der Waals surface area (Å²) < 4.78 is 10.4. The molecule has 2 aromatic rings. The second-order valence-corrected chi connectivity index (χ2v) is 8.76. The number of methoxy groups -OCH3 is 2. The van der Waals surface area contributed by atoms with Gasteiger partial charge in [0.1, 0.15) is 11.5 Å². The van der Waals surface area contributed by atoms with Crippen LogP contribution >= 0.6 is 0 Å². The molecular formula is C26H32N4O5. The largest absolute Gasteiger partial charge is 0.497 e. The molecule has 9 nitrogen and oxygen atoms in total. The number of hydrogen-bond acceptors (Lipinski definition) is 6. The number of anilines is 1. The van der Waals surface area contributed by atoms with Gasteiger partial charge < -0.3 is 24.6 Å². The summed E-state index contributed by atoms with van der Waals surface area (Å²) in [7, 11) is 3.18.